The maximum absolute atomic E-state index is 12.5. The number of carboxylic acid groups (broad SMARTS) is 1. The molecule has 7 heteroatoms. The van der Waals surface area contributed by atoms with E-state index in [9.17, 15) is 9.90 Å². The summed E-state index contributed by atoms with van der Waals surface area (Å²) in [5, 5.41) is 10.2. The first-order valence-electron chi connectivity index (χ1n) is 13.2. The number of carboxylic acids is 1. The third kappa shape index (κ3) is 6.17. The van der Waals surface area contributed by atoms with Gasteiger partial charge in [-0.3, -0.25) is 4.98 Å². The zero-order valence-corrected chi connectivity index (χ0v) is 22.6. The van der Waals surface area contributed by atoms with Gasteiger partial charge in [0.2, 0.25) is 5.88 Å². The van der Waals surface area contributed by atoms with E-state index in [1.54, 1.807) is 0 Å². The van der Waals surface area contributed by atoms with Crippen molar-refractivity contribution in [1.29, 1.82) is 0 Å². The molecule has 1 saturated heterocycles. The monoisotopic (exact) mass is 495 g/mol. The minimum Gasteiger partial charge on any atom is -0.479 e. The van der Waals surface area contributed by atoms with Gasteiger partial charge in [0, 0.05) is 53.9 Å². The molecule has 2 aliphatic rings. The lowest BCUT2D eigenvalue weighted by Gasteiger charge is -2.40. The van der Waals surface area contributed by atoms with Gasteiger partial charge >= 0.3 is 5.97 Å². The van der Waals surface area contributed by atoms with E-state index >= 15 is 0 Å². The molecule has 4 rings (SSSR count). The van der Waals surface area contributed by atoms with Crippen molar-refractivity contribution >= 4 is 11.7 Å². The lowest BCUT2D eigenvalue weighted by molar-refractivity contribution is -0.160. The molecule has 0 aromatic carbocycles. The Bertz CT molecular complexity index is 1060. The van der Waals surface area contributed by atoms with E-state index in [1.807, 2.05) is 52.2 Å². The molecular formula is C29H41N3O4. The summed E-state index contributed by atoms with van der Waals surface area (Å²) in [6.07, 6.45) is 8.32. The topological polar surface area (TPSA) is 84.8 Å². The van der Waals surface area contributed by atoms with E-state index in [0.717, 1.165) is 42.7 Å². The number of aliphatic carboxylic acids is 1. The number of aromatic nitrogens is 2. The molecule has 2 fully saturated rings. The molecule has 0 amide bonds. The molecule has 1 aliphatic carbocycles. The minimum absolute atomic E-state index is 0.258. The van der Waals surface area contributed by atoms with Crippen LogP contribution < -0.4 is 9.64 Å². The number of aryl methyl sites for hydroxylation is 1. The largest absolute Gasteiger partial charge is 0.479 e. The van der Waals surface area contributed by atoms with Gasteiger partial charge in [0.1, 0.15) is 0 Å². The molecule has 0 spiro atoms. The second kappa shape index (κ2) is 10.4. The summed E-state index contributed by atoms with van der Waals surface area (Å²) >= 11 is 0. The second-order valence-electron chi connectivity index (χ2n) is 12.1. The van der Waals surface area contributed by atoms with E-state index < -0.39 is 17.7 Å². The first-order valence-corrected chi connectivity index (χ1v) is 13.2. The van der Waals surface area contributed by atoms with Crippen LogP contribution >= 0.6 is 0 Å². The fourth-order valence-electron chi connectivity index (χ4n) is 4.88. The van der Waals surface area contributed by atoms with Crippen molar-refractivity contribution in [3.8, 4) is 17.0 Å². The molecule has 0 unspecified atom stereocenters. The van der Waals surface area contributed by atoms with Gasteiger partial charge in [-0.15, -0.1) is 0 Å². The highest BCUT2D eigenvalue weighted by molar-refractivity contribution is 5.86. The summed E-state index contributed by atoms with van der Waals surface area (Å²) in [5.74, 6) is 0.246. The van der Waals surface area contributed by atoms with Crippen molar-refractivity contribution in [3.63, 3.8) is 0 Å². The Labute approximate surface area is 215 Å². The van der Waals surface area contributed by atoms with Crippen LogP contribution in [0.3, 0.4) is 0 Å². The fraction of sp³-hybridized carbons (Fsp3) is 0.621. The molecule has 0 radical (unpaired) electrons. The lowest BCUT2D eigenvalue weighted by atomic mass is 9.82. The van der Waals surface area contributed by atoms with Gasteiger partial charge in [0.25, 0.3) is 0 Å². The van der Waals surface area contributed by atoms with Crippen LogP contribution in [0.5, 0.6) is 5.88 Å². The first-order chi connectivity index (χ1) is 16.9. The molecular weight excluding hydrogens is 454 g/mol. The first kappa shape index (κ1) is 26.4. The van der Waals surface area contributed by atoms with Crippen LogP contribution in [0.15, 0.2) is 24.5 Å². The average molecular weight is 496 g/mol. The summed E-state index contributed by atoms with van der Waals surface area (Å²) in [7, 11) is 0. The maximum Gasteiger partial charge on any atom is 0.337 e. The normalized spacial score (nSPS) is 19.0. The zero-order chi connectivity index (χ0) is 26.1. The highest BCUT2D eigenvalue weighted by Crippen LogP contribution is 2.43. The number of carbonyl (C=O) groups is 1. The molecule has 2 aromatic rings. The Morgan fingerprint density at radius 2 is 1.86 bits per heavy atom. The number of hydrogen-bond donors (Lipinski definition) is 1. The molecule has 3 heterocycles. The molecule has 1 saturated carbocycles. The van der Waals surface area contributed by atoms with Gasteiger partial charge in [-0.25, -0.2) is 9.78 Å². The molecule has 1 atom stereocenters. The van der Waals surface area contributed by atoms with Crippen LogP contribution in [-0.2, 0) is 9.53 Å². The number of pyridine rings is 2. The summed E-state index contributed by atoms with van der Waals surface area (Å²) < 4.78 is 12.0. The number of piperidine rings is 1. The van der Waals surface area contributed by atoms with E-state index in [-0.39, 0.29) is 5.41 Å². The molecule has 2 aromatic heterocycles. The van der Waals surface area contributed by atoms with Gasteiger partial charge in [-0.05, 0) is 70.8 Å². The summed E-state index contributed by atoms with van der Waals surface area (Å²) in [6, 6.07) is 3.90. The molecule has 1 N–H and O–H groups in total. The van der Waals surface area contributed by atoms with Gasteiger partial charge in [0.05, 0.1) is 17.9 Å². The molecule has 0 bridgehead atoms. The fourth-order valence-corrected chi connectivity index (χ4v) is 4.88. The third-order valence-corrected chi connectivity index (χ3v) is 7.42. The third-order valence-electron chi connectivity index (χ3n) is 7.42. The quantitative estimate of drug-likeness (QED) is 0.467. The van der Waals surface area contributed by atoms with Crippen molar-refractivity contribution in [2.45, 2.75) is 85.4 Å². The van der Waals surface area contributed by atoms with Gasteiger partial charge < -0.3 is 19.5 Å². The van der Waals surface area contributed by atoms with Crippen LogP contribution in [-0.4, -0.2) is 46.3 Å². The predicted octanol–water partition coefficient (Wildman–Crippen LogP) is 6.20. The lowest BCUT2D eigenvalue weighted by Crippen LogP contribution is -2.39. The number of rotatable bonds is 8. The standard InChI is InChI=1S/C29H41N3O4/c1-19-24(26(27(33)34)36-28(2,3)4)25(32-14-12-29(5,6)13-15-32)22(17-30-19)21-10-11-23(31-16-21)35-18-20-8-7-9-20/h10-11,16-17,20,26H,7-9,12-15,18H2,1-6H3,(H,33,34)/t26-/m0/s1. The van der Waals surface area contributed by atoms with Crippen molar-refractivity contribution in [2.75, 3.05) is 24.6 Å². The molecule has 7 nitrogen and oxygen atoms in total. The van der Waals surface area contributed by atoms with Crippen LogP contribution in [0, 0.1) is 18.3 Å². The van der Waals surface area contributed by atoms with Crippen molar-refractivity contribution in [2.24, 2.45) is 11.3 Å². The Kier molecular flexibility index (Phi) is 7.60. The van der Waals surface area contributed by atoms with Crippen LogP contribution in [0.1, 0.15) is 84.1 Å². The Morgan fingerprint density at radius 3 is 2.39 bits per heavy atom. The number of anilines is 1. The zero-order valence-electron chi connectivity index (χ0n) is 22.6. The molecule has 1 aliphatic heterocycles. The Hall–Kier alpha value is -2.67. The highest BCUT2D eigenvalue weighted by Gasteiger charge is 2.35. The van der Waals surface area contributed by atoms with Crippen molar-refractivity contribution in [1.82, 2.24) is 9.97 Å². The predicted molar refractivity (Wildman–Crippen MR) is 141 cm³/mol. The number of nitrogens with zero attached hydrogens (tertiary/aromatic N) is 3. The molecule has 196 valence electrons. The SMILES string of the molecule is Cc1ncc(-c2ccc(OCC3CCC3)nc2)c(N2CCC(C)(C)CC2)c1[C@H](OC(C)(C)C)C(=O)O. The van der Waals surface area contributed by atoms with Crippen molar-refractivity contribution in [3.05, 3.63) is 35.8 Å². The minimum atomic E-state index is -1.12. The highest BCUT2D eigenvalue weighted by atomic mass is 16.5. The van der Waals surface area contributed by atoms with Crippen LogP contribution in [0.4, 0.5) is 5.69 Å². The van der Waals surface area contributed by atoms with E-state index in [2.05, 4.69) is 28.7 Å². The average Bonchev–Trinajstić information content (AvgIpc) is 2.76. The second-order valence-corrected chi connectivity index (χ2v) is 12.1. The van der Waals surface area contributed by atoms with Gasteiger partial charge in [-0.2, -0.15) is 0 Å². The van der Waals surface area contributed by atoms with E-state index in [4.69, 9.17) is 9.47 Å². The van der Waals surface area contributed by atoms with E-state index in [0.29, 0.717) is 29.7 Å². The van der Waals surface area contributed by atoms with E-state index in [1.165, 1.54) is 19.3 Å². The number of hydrogen-bond acceptors (Lipinski definition) is 6. The van der Waals surface area contributed by atoms with Crippen LogP contribution in [0.2, 0.25) is 0 Å². The summed E-state index contributed by atoms with van der Waals surface area (Å²) in [6.45, 7) is 14.5. The maximum atomic E-state index is 12.5. The Morgan fingerprint density at radius 1 is 1.17 bits per heavy atom. The summed E-state index contributed by atoms with van der Waals surface area (Å²) in [4.78, 5) is 24.0. The Balaban J connectivity index is 1.75. The van der Waals surface area contributed by atoms with Crippen molar-refractivity contribution < 1.29 is 19.4 Å². The summed E-state index contributed by atoms with van der Waals surface area (Å²) in [5.41, 5.74) is 3.57. The molecule has 36 heavy (non-hydrogen) atoms. The van der Waals surface area contributed by atoms with Crippen LogP contribution in [0.25, 0.3) is 11.1 Å². The number of ether oxygens (including phenoxy) is 2. The van der Waals surface area contributed by atoms with Gasteiger partial charge in [-0.1, -0.05) is 20.3 Å². The van der Waals surface area contributed by atoms with Gasteiger partial charge in [0.15, 0.2) is 6.10 Å². The smallest absolute Gasteiger partial charge is 0.337 e.